The Hall–Kier alpha value is -1.90. The Morgan fingerprint density at radius 1 is 1.25 bits per heavy atom. The van der Waals surface area contributed by atoms with Crippen molar-refractivity contribution in [3.63, 3.8) is 0 Å². The fourth-order valence-electron chi connectivity index (χ4n) is 1.11. The summed E-state index contributed by atoms with van der Waals surface area (Å²) < 4.78 is 0. The number of rotatable bonds is 4. The van der Waals surface area contributed by atoms with E-state index in [1.165, 1.54) is 0 Å². The Labute approximate surface area is 95.2 Å². The van der Waals surface area contributed by atoms with Crippen molar-refractivity contribution in [3.8, 4) is 0 Å². The van der Waals surface area contributed by atoms with Crippen molar-refractivity contribution in [2.45, 2.75) is 13.8 Å². The summed E-state index contributed by atoms with van der Waals surface area (Å²) in [4.78, 5) is 22.2. The van der Waals surface area contributed by atoms with Crippen LogP contribution in [-0.4, -0.2) is 12.2 Å². The molecule has 0 saturated heterocycles. The van der Waals surface area contributed by atoms with Crippen LogP contribution in [0.15, 0.2) is 36.0 Å². The lowest BCUT2D eigenvalue weighted by atomic mass is 10.1. The molecule has 1 N–H and O–H groups in total. The maximum atomic E-state index is 11.4. The molecular weight excluding hydrogens is 202 g/mol. The average Bonchev–Trinajstić information content (AvgIpc) is 2.29. The Kier molecular flexibility index (Phi) is 4.45. The van der Waals surface area contributed by atoms with Crippen molar-refractivity contribution in [1.82, 2.24) is 5.32 Å². The molecule has 0 bridgehead atoms. The van der Waals surface area contributed by atoms with Crippen LogP contribution in [0.3, 0.4) is 0 Å². The summed E-state index contributed by atoms with van der Waals surface area (Å²) >= 11 is 0. The molecule has 0 aliphatic carbocycles. The van der Waals surface area contributed by atoms with Crippen LogP contribution in [0.5, 0.6) is 0 Å². The molecule has 16 heavy (non-hydrogen) atoms. The van der Waals surface area contributed by atoms with E-state index in [1.54, 1.807) is 19.9 Å². The molecule has 0 radical (unpaired) electrons. The average molecular weight is 217 g/mol. The number of allylic oxidation sites excluding steroid dienone is 1. The maximum Gasteiger partial charge on any atom is 0.227 e. The highest BCUT2D eigenvalue weighted by Crippen LogP contribution is 2.04. The summed E-state index contributed by atoms with van der Waals surface area (Å²) in [6.45, 7) is 3.56. The highest BCUT2D eigenvalue weighted by molar-refractivity contribution is 5.90. The van der Waals surface area contributed by atoms with Gasteiger partial charge in [0, 0.05) is 5.92 Å². The third-order valence-electron chi connectivity index (χ3n) is 2.04. The van der Waals surface area contributed by atoms with Gasteiger partial charge in [0.15, 0.2) is 6.29 Å². The van der Waals surface area contributed by atoms with Gasteiger partial charge in [-0.15, -0.1) is 0 Å². The van der Waals surface area contributed by atoms with Gasteiger partial charge in [0.2, 0.25) is 5.91 Å². The number of benzene rings is 1. The first-order chi connectivity index (χ1) is 7.63. The number of hydrogen-bond donors (Lipinski definition) is 1. The van der Waals surface area contributed by atoms with Gasteiger partial charge in [-0.2, -0.15) is 0 Å². The Bertz CT molecular complexity index is 394. The molecule has 0 unspecified atom stereocenters. The van der Waals surface area contributed by atoms with Gasteiger partial charge in [0.1, 0.15) is 0 Å². The fraction of sp³-hybridized carbons (Fsp3) is 0.231. The maximum absolute atomic E-state index is 11.4. The van der Waals surface area contributed by atoms with Gasteiger partial charge in [-0.3, -0.25) is 9.59 Å². The van der Waals surface area contributed by atoms with E-state index in [1.807, 2.05) is 30.3 Å². The SMILES string of the molecule is CC(C)C(=O)N/C(C=O)=C/c1ccccc1. The summed E-state index contributed by atoms with van der Waals surface area (Å²) in [5, 5.41) is 2.57. The molecule has 0 heterocycles. The van der Waals surface area contributed by atoms with E-state index in [9.17, 15) is 9.59 Å². The second kappa shape index (κ2) is 5.85. The Morgan fingerprint density at radius 3 is 2.38 bits per heavy atom. The second-order valence-corrected chi connectivity index (χ2v) is 3.77. The number of carbonyl (C=O) groups excluding carboxylic acids is 2. The first-order valence-electron chi connectivity index (χ1n) is 5.16. The molecule has 3 heteroatoms. The van der Waals surface area contributed by atoms with Crippen LogP contribution >= 0.6 is 0 Å². The van der Waals surface area contributed by atoms with Crippen molar-refractivity contribution in [1.29, 1.82) is 0 Å². The quantitative estimate of drug-likeness (QED) is 0.619. The standard InChI is InChI=1S/C13H15NO2/c1-10(2)13(16)14-12(9-15)8-11-6-4-3-5-7-11/h3-10H,1-2H3,(H,14,16)/b12-8+. The number of aldehydes is 1. The zero-order valence-corrected chi connectivity index (χ0v) is 9.44. The molecule has 0 aliphatic rings. The fourth-order valence-corrected chi connectivity index (χ4v) is 1.11. The molecule has 1 aromatic carbocycles. The van der Waals surface area contributed by atoms with Gasteiger partial charge in [0.05, 0.1) is 5.70 Å². The topological polar surface area (TPSA) is 46.2 Å². The molecule has 1 rings (SSSR count). The first kappa shape index (κ1) is 12.2. The molecule has 0 saturated carbocycles. The summed E-state index contributed by atoms with van der Waals surface area (Å²) in [5.74, 6) is -0.298. The van der Waals surface area contributed by atoms with E-state index < -0.39 is 0 Å². The Balaban J connectivity index is 2.79. The lowest BCUT2D eigenvalue weighted by Gasteiger charge is -2.06. The van der Waals surface area contributed by atoms with Crippen molar-refractivity contribution in [3.05, 3.63) is 41.6 Å². The van der Waals surface area contributed by atoms with Crippen molar-refractivity contribution in [2.75, 3.05) is 0 Å². The van der Waals surface area contributed by atoms with E-state index >= 15 is 0 Å². The minimum absolute atomic E-state index is 0.140. The van der Waals surface area contributed by atoms with Crippen molar-refractivity contribution >= 4 is 18.3 Å². The van der Waals surface area contributed by atoms with E-state index in [0.717, 1.165) is 5.56 Å². The number of amides is 1. The highest BCUT2D eigenvalue weighted by atomic mass is 16.2. The summed E-state index contributed by atoms with van der Waals surface area (Å²) in [7, 11) is 0. The van der Waals surface area contributed by atoms with Gasteiger partial charge >= 0.3 is 0 Å². The normalized spacial score (nSPS) is 11.3. The summed E-state index contributed by atoms with van der Waals surface area (Å²) in [5.41, 5.74) is 1.17. The van der Waals surface area contributed by atoms with Gasteiger partial charge in [0.25, 0.3) is 0 Å². The van der Waals surface area contributed by atoms with Crippen LogP contribution in [0.2, 0.25) is 0 Å². The molecule has 84 valence electrons. The molecule has 1 amide bonds. The molecular formula is C13H15NO2. The summed E-state index contributed by atoms with van der Waals surface area (Å²) in [6.07, 6.45) is 2.29. The van der Waals surface area contributed by atoms with Crippen molar-refractivity contribution in [2.24, 2.45) is 5.92 Å². The molecule has 0 atom stereocenters. The van der Waals surface area contributed by atoms with E-state index in [-0.39, 0.29) is 17.5 Å². The van der Waals surface area contributed by atoms with Crippen LogP contribution in [0.4, 0.5) is 0 Å². The predicted octanol–water partition coefficient (Wildman–Crippen LogP) is 2.00. The first-order valence-corrected chi connectivity index (χ1v) is 5.16. The zero-order valence-electron chi connectivity index (χ0n) is 9.44. The van der Waals surface area contributed by atoms with Crippen molar-refractivity contribution < 1.29 is 9.59 Å². The molecule has 0 spiro atoms. The van der Waals surface area contributed by atoms with Gasteiger partial charge < -0.3 is 5.32 Å². The number of carbonyl (C=O) groups is 2. The van der Waals surface area contributed by atoms with Crippen LogP contribution < -0.4 is 5.32 Å². The minimum Gasteiger partial charge on any atom is -0.323 e. The second-order valence-electron chi connectivity index (χ2n) is 3.77. The smallest absolute Gasteiger partial charge is 0.227 e. The third-order valence-corrected chi connectivity index (χ3v) is 2.04. The number of nitrogens with one attached hydrogen (secondary N) is 1. The molecule has 0 fully saturated rings. The van der Waals surface area contributed by atoms with Crippen LogP contribution in [0.25, 0.3) is 6.08 Å². The van der Waals surface area contributed by atoms with Crippen LogP contribution in [0.1, 0.15) is 19.4 Å². The van der Waals surface area contributed by atoms with Gasteiger partial charge in [-0.05, 0) is 11.6 Å². The minimum atomic E-state index is -0.158. The predicted molar refractivity (Wildman–Crippen MR) is 63.5 cm³/mol. The Morgan fingerprint density at radius 2 is 1.88 bits per heavy atom. The lowest BCUT2D eigenvalue weighted by molar-refractivity contribution is -0.124. The van der Waals surface area contributed by atoms with E-state index in [2.05, 4.69) is 5.32 Å². The monoisotopic (exact) mass is 217 g/mol. The summed E-state index contributed by atoms with van der Waals surface area (Å²) in [6, 6.07) is 9.37. The highest BCUT2D eigenvalue weighted by Gasteiger charge is 2.07. The molecule has 0 aliphatic heterocycles. The van der Waals surface area contributed by atoms with Gasteiger partial charge in [-0.25, -0.2) is 0 Å². The van der Waals surface area contributed by atoms with Gasteiger partial charge in [-0.1, -0.05) is 44.2 Å². The zero-order chi connectivity index (χ0) is 12.0. The largest absolute Gasteiger partial charge is 0.323 e. The van der Waals surface area contributed by atoms with E-state index in [0.29, 0.717) is 6.29 Å². The molecule has 3 nitrogen and oxygen atoms in total. The molecule has 0 aromatic heterocycles. The van der Waals surface area contributed by atoms with E-state index in [4.69, 9.17) is 0 Å². The third kappa shape index (κ3) is 3.69. The lowest BCUT2D eigenvalue weighted by Crippen LogP contribution is -2.27. The number of hydrogen-bond acceptors (Lipinski definition) is 2. The van der Waals surface area contributed by atoms with Crippen LogP contribution in [-0.2, 0) is 9.59 Å². The van der Waals surface area contributed by atoms with Crippen LogP contribution in [0, 0.1) is 5.92 Å². The molecule has 1 aromatic rings.